The molecule has 1 heterocycles. The fraction of sp³-hybridized carbons (Fsp3) is 0.294. The Morgan fingerprint density at radius 3 is 2.71 bits per heavy atom. The lowest BCUT2D eigenvalue weighted by atomic mass is 10.1. The van der Waals surface area contributed by atoms with E-state index in [9.17, 15) is 9.18 Å². The van der Waals surface area contributed by atoms with Crippen LogP contribution in [0.2, 0.25) is 0 Å². The van der Waals surface area contributed by atoms with Gasteiger partial charge in [-0.25, -0.2) is 4.98 Å². The van der Waals surface area contributed by atoms with E-state index in [0.717, 1.165) is 18.4 Å². The molecule has 0 bridgehead atoms. The van der Waals surface area contributed by atoms with Crippen LogP contribution in [0.15, 0.2) is 42.5 Å². The number of nitrogens with zero attached hydrogens (tertiary/aromatic N) is 2. The van der Waals surface area contributed by atoms with Crippen LogP contribution < -0.4 is 0 Å². The number of benzene rings is 1. The molecule has 108 valence electrons. The van der Waals surface area contributed by atoms with Gasteiger partial charge in [-0.05, 0) is 37.5 Å². The molecule has 1 aromatic heterocycles. The highest BCUT2D eigenvalue weighted by atomic mass is 19.1. The molecule has 1 fully saturated rings. The highest BCUT2D eigenvalue weighted by Crippen LogP contribution is 2.29. The Kier molecular flexibility index (Phi) is 3.69. The Bertz CT molecular complexity index is 667. The van der Waals surface area contributed by atoms with Crippen molar-refractivity contribution in [2.75, 3.05) is 0 Å². The van der Waals surface area contributed by atoms with Crippen molar-refractivity contribution in [3.05, 3.63) is 65.2 Å². The van der Waals surface area contributed by atoms with E-state index in [0.29, 0.717) is 6.54 Å². The Hall–Kier alpha value is -2.23. The summed E-state index contributed by atoms with van der Waals surface area (Å²) in [5, 5.41) is 0. The summed E-state index contributed by atoms with van der Waals surface area (Å²) in [5.74, 6) is -0.814. The minimum atomic E-state index is -0.618. The van der Waals surface area contributed by atoms with Gasteiger partial charge in [0.1, 0.15) is 5.69 Å². The van der Waals surface area contributed by atoms with Crippen molar-refractivity contribution < 1.29 is 9.18 Å². The summed E-state index contributed by atoms with van der Waals surface area (Å²) in [5.41, 5.74) is 2.43. The van der Waals surface area contributed by atoms with Gasteiger partial charge in [0.05, 0.1) is 0 Å². The van der Waals surface area contributed by atoms with Crippen molar-refractivity contribution in [1.29, 1.82) is 0 Å². The SMILES string of the molecule is Cc1cccc(CN(C(=O)c2cccc(F)n2)C2CC2)c1. The summed E-state index contributed by atoms with van der Waals surface area (Å²) in [6.45, 7) is 2.57. The molecule has 1 amide bonds. The van der Waals surface area contributed by atoms with E-state index in [1.807, 2.05) is 25.1 Å². The van der Waals surface area contributed by atoms with Gasteiger partial charge in [-0.3, -0.25) is 4.79 Å². The van der Waals surface area contributed by atoms with Crippen molar-refractivity contribution in [3.63, 3.8) is 0 Å². The molecule has 0 radical (unpaired) electrons. The van der Waals surface area contributed by atoms with Crippen LogP contribution in [-0.2, 0) is 6.54 Å². The predicted molar refractivity (Wildman–Crippen MR) is 78.3 cm³/mol. The molecule has 2 aromatic rings. The second-order valence-electron chi connectivity index (χ2n) is 5.50. The highest BCUT2D eigenvalue weighted by molar-refractivity contribution is 5.92. The number of hydrogen-bond donors (Lipinski definition) is 0. The Morgan fingerprint density at radius 1 is 1.29 bits per heavy atom. The topological polar surface area (TPSA) is 33.2 Å². The van der Waals surface area contributed by atoms with Crippen LogP contribution >= 0.6 is 0 Å². The average Bonchev–Trinajstić information content (AvgIpc) is 3.29. The van der Waals surface area contributed by atoms with Crippen LogP contribution in [0.3, 0.4) is 0 Å². The lowest BCUT2D eigenvalue weighted by molar-refractivity contribution is 0.0722. The number of aromatic nitrogens is 1. The molecule has 0 spiro atoms. The molecule has 1 aliphatic carbocycles. The molecule has 21 heavy (non-hydrogen) atoms. The molecule has 0 atom stereocenters. The lowest BCUT2D eigenvalue weighted by Gasteiger charge is -2.22. The number of carbonyl (C=O) groups is 1. The number of amides is 1. The third-order valence-corrected chi connectivity index (χ3v) is 3.62. The molecule has 1 saturated carbocycles. The van der Waals surface area contributed by atoms with Gasteiger partial charge in [-0.2, -0.15) is 4.39 Å². The van der Waals surface area contributed by atoms with Crippen molar-refractivity contribution >= 4 is 5.91 Å². The Morgan fingerprint density at radius 2 is 2.05 bits per heavy atom. The molecule has 4 heteroatoms. The van der Waals surface area contributed by atoms with Gasteiger partial charge in [0.2, 0.25) is 5.95 Å². The van der Waals surface area contributed by atoms with Gasteiger partial charge in [0.25, 0.3) is 5.91 Å². The first-order valence-electron chi connectivity index (χ1n) is 7.12. The first-order valence-corrected chi connectivity index (χ1v) is 7.12. The molecule has 0 saturated heterocycles. The third-order valence-electron chi connectivity index (χ3n) is 3.62. The summed E-state index contributed by atoms with van der Waals surface area (Å²) in [6, 6.07) is 12.7. The monoisotopic (exact) mass is 284 g/mol. The van der Waals surface area contributed by atoms with Crippen molar-refractivity contribution in [2.45, 2.75) is 32.4 Å². The maximum absolute atomic E-state index is 13.2. The van der Waals surface area contributed by atoms with E-state index in [1.165, 1.54) is 17.7 Å². The van der Waals surface area contributed by atoms with E-state index in [2.05, 4.69) is 11.1 Å². The fourth-order valence-electron chi connectivity index (χ4n) is 2.43. The molecular formula is C17H17FN2O. The van der Waals surface area contributed by atoms with Crippen LogP contribution in [0, 0.1) is 12.9 Å². The van der Waals surface area contributed by atoms with Crippen LogP contribution in [-0.4, -0.2) is 21.8 Å². The zero-order valence-corrected chi connectivity index (χ0v) is 11.9. The van der Waals surface area contributed by atoms with Gasteiger partial charge in [-0.1, -0.05) is 35.9 Å². The van der Waals surface area contributed by atoms with Gasteiger partial charge in [-0.15, -0.1) is 0 Å². The Labute approximate surface area is 123 Å². The lowest BCUT2D eigenvalue weighted by Crippen LogP contribution is -2.33. The normalized spacial score (nSPS) is 14.0. The number of halogens is 1. The summed E-state index contributed by atoms with van der Waals surface area (Å²) < 4.78 is 13.2. The standard InChI is InChI=1S/C17H17FN2O/c1-12-4-2-5-13(10-12)11-20(14-8-9-14)17(21)15-6-3-7-16(18)19-15/h2-7,10,14H,8-9,11H2,1H3. The van der Waals surface area contributed by atoms with Crippen LogP contribution in [0.25, 0.3) is 0 Å². The van der Waals surface area contributed by atoms with Gasteiger partial charge < -0.3 is 4.90 Å². The van der Waals surface area contributed by atoms with E-state index < -0.39 is 5.95 Å². The second-order valence-corrected chi connectivity index (χ2v) is 5.50. The van der Waals surface area contributed by atoms with Crippen molar-refractivity contribution in [3.8, 4) is 0 Å². The van der Waals surface area contributed by atoms with E-state index in [1.54, 1.807) is 11.0 Å². The van der Waals surface area contributed by atoms with E-state index >= 15 is 0 Å². The first-order chi connectivity index (χ1) is 10.1. The van der Waals surface area contributed by atoms with Gasteiger partial charge >= 0.3 is 0 Å². The molecule has 1 aromatic carbocycles. The van der Waals surface area contributed by atoms with Crippen molar-refractivity contribution in [2.24, 2.45) is 0 Å². The number of aryl methyl sites for hydroxylation is 1. The number of hydrogen-bond acceptors (Lipinski definition) is 2. The number of carbonyl (C=O) groups excluding carboxylic acids is 1. The maximum atomic E-state index is 13.2. The van der Waals surface area contributed by atoms with Crippen molar-refractivity contribution in [1.82, 2.24) is 9.88 Å². The maximum Gasteiger partial charge on any atom is 0.273 e. The quantitative estimate of drug-likeness (QED) is 0.807. The van der Waals surface area contributed by atoms with Crippen LogP contribution in [0.1, 0.15) is 34.5 Å². The van der Waals surface area contributed by atoms with Crippen LogP contribution in [0.5, 0.6) is 0 Å². The number of rotatable bonds is 4. The Balaban J connectivity index is 1.83. The molecule has 1 aliphatic rings. The van der Waals surface area contributed by atoms with E-state index in [-0.39, 0.29) is 17.6 Å². The molecule has 3 rings (SSSR count). The summed E-state index contributed by atoms with van der Waals surface area (Å²) in [7, 11) is 0. The number of pyridine rings is 1. The smallest absolute Gasteiger partial charge is 0.273 e. The highest BCUT2D eigenvalue weighted by Gasteiger charge is 2.33. The van der Waals surface area contributed by atoms with E-state index in [4.69, 9.17) is 0 Å². The largest absolute Gasteiger partial charge is 0.330 e. The molecular weight excluding hydrogens is 267 g/mol. The molecule has 3 nitrogen and oxygen atoms in total. The average molecular weight is 284 g/mol. The second kappa shape index (κ2) is 5.64. The summed E-state index contributed by atoms with van der Waals surface area (Å²) in [4.78, 5) is 18.1. The molecule has 0 aliphatic heterocycles. The summed E-state index contributed by atoms with van der Waals surface area (Å²) >= 11 is 0. The van der Waals surface area contributed by atoms with Gasteiger partial charge in [0, 0.05) is 12.6 Å². The van der Waals surface area contributed by atoms with Crippen LogP contribution in [0.4, 0.5) is 4.39 Å². The minimum absolute atomic E-state index is 0.176. The summed E-state index contributed by atoms with van der Waals surface area (Å²) in [6.07, 6.45) is 2.01. The zero-order chi connectivity index (χ0) is 14.8. The molecule has 0 N–H and O–H groups in total. The minimum Gasteiger partial charge on any atom is -0.330 e. The zero-order valence-electron chi connectivity index (χ0n) is 11.9. The third kappa shape index (κ3) is 3.27. The fourth-order valence-corrected chi connectivity index (χ4v) is 2.43. The molecule has 0 unspecified atom stereocenters. The predicted octanol–water partition coefficient (Wildman–Crippen LogP) is 3.33. The first kappa shape index (κ1) is 13.7. The van der Waals surface area contributed by atoms with Gasteiger partial charge in [0.15, 0.2) is 0 Å².